The van der Waals surface area contributed by atoms with Crippen molar-refractivity contribution in [1.29, 1.82) is 0 Å². The van der Waals surface area contributed by atoms with Crippen LogP contribution in [0.1, 0.15) is 36.5 Å². The highest BCUT2D eigenvalue weighted by Gasteiger charge is 2.09. The van der Waals surface area contributed by atoms with Gasteiger partial charge in [-0.1, -0.05) is 48.0 Å². The molecular weight excluding hydrogens is 414 g/mol. The molecule has 0 fully saturated rings. The Kier molecular flexibility index (Phi) is 8.88. The van der Waals surface area contributed by atoms with E-state index in [0.717, 1.165) is 29.8 Å². The van der Waals surface area contributed by atoms with E-state index in [2.05, 4.69) is 34.9 Å². The topological polar surface area (TPSA) is 72.0 Å². The van der Waals surface area contributed by atoms with Crippen LogP contribution in [0.5, 0.6) is 11.5 Å². The van der Waals surface area contributed by atoms with Crippen molar-refractivity contribution >= 4 is 17.3 Å². The zero-order valence-electron chi connectivity index (χ0n) is 19.4. The molecule has 3 rings (SSSR count). The van der Waals surface area contributed by atoms with Crippen molar-refractivity contribution < 1.29 is 14.3 Å². The number of rotatable bonds is 11. The van der Waals surface area contributed by atoms with Crippen LogP contribution in [0.4, 0.5) is 5.69 Å². The molecule has 0 aromatic heterocycles. The number of benzene rings is 3. The summed E-state index contributed by atoms with van der Waals surface area (Å²) in [5.74, 6) is 1.16. The minimum atomic E-state index is -0.116. The van der Waals surface area contributed by atoms with E-state index in [9.17, 15) is 4.79 Å². The standard InChI is InChI=1S/C27H31N3O3/c1-20-11-14-24(15-12-20)28-17-7-10-27(31)30-29-21(2)23-13-16-25(26(18-23)32-3)33-19-22-8-5-4-6-9-22/h4-6,8-9,11-16,18,28H,7,10,17,19H2,1-3H3,(H,30,31)/b29-21+. The summed E-state index contributed by atoms with van der Waals surface area (Å²) in [6.07, 6.45) is 1.11. The quantitative estimate of drug-likeness (QED) is 0.238. The molecule has 3 aromatic carbocycles. The highest BCUT2D eigenvalue weighted by atomic mass is 16.5. The van der Waals surface area contributed by atoms with E-state index < -0.39 is 0 Å². The first-order valence-corrected chi connectivity index (χ1v) is 11.0. The summed E-state index contributed by atoms with van der Waals surface area (Å²) in [5, 5.41) is 7.55. The van der Waals surface area contributed by atoms with Crippen molar-refractivity contribution in [2.45, 2.75) is 33.3 Å². The Hall–Kier alpha value is -3.80. The fourth-order valence-corrected chi connectivity index (χ4v) is 3.17. The first-order chi connectivity index (χ1) is 16.0. The number of hydrogen-bond acceptors (Lipinski definition) is 5. The predicted octanol–water partition coefficient (Wildman–Crippen LogP) is 5.32. The minimum absolute atomic E-state index is 0.116. The van der Waals surface area contributed by atoms with Crippen molar-refractivity contribution in [2.75, 3.05) is 19.0 Å². The lowest BCUT2D eigenvalue weighted by molar-refractivity contribution is -0.121. The molecule has 2 N–H and O–H groups in total. The average molecular weight is 446 g/mol. The van der Waals surface area contributed by atoms with E-state index in [1.165, 1.54) is 5.56 Å². The Morgan fingerprint density at radius 2 is 1.73 bits per heavy atom. The van der Waals surface area contributed by atoms with Crippen LogP contribution in [-0.4, -0.2) is 25.3 Å². The summed E-state index contributed by atoms with van der Waals surface area (Å²) >= 11 is 0. The van der Waals surface area contributed by atoms with Gasteiger partial charge in [0.15, 0.2) is 11.5 Å². The van der Waals surface area contributed by atoms with Gasteiger partial charge in [-0.15, -0.1) is 0 Å². The lowest BCUT2D eigenvalue weighted by atomic mass is 10.1. The highest BCUT2D eigenvalue weighted by Crippen LogP contribution is 2.29. The van der Waals surface area contributed by atoms with E-state index in [-0.39, 0.29) is 5.91 Å². The third kappa shape index (κ3) is 7.68. The molecule has 0 aliphatic carbocycles. The van der Waals surface area contributed by atoms with Crippen LogP contribution >= 0.6 is 0 Å². The van der Waals surface area contributed by atoms with Crippen LogP contribution in [0.15, 0.2) is 77.9 Å². The molecule has 0 unspecified atom stereocenters. The smallest absolute Gasteiger partial charge is 0.240 e. The molecular formula is C27H31N3O3. The molecule has 3 aromatic rings. The van der Waals surface area contributed by atoms with Crippen LogP contribution in [0.25, 0.3) is 0 Å². The number of nitrogens with zero attached hydrogens (tertiary/aromatic N) is 1. The number of carbonyl (C=O) groups is 1. The average Bonchev–Trinajstić information content (AvgIpc) is 2.85. The van der Waals surface area contributed by atoms with Gasteiger partial charge in [0.2, 0.25) is 5.91 Å². The monoisotopic (exact) mass is 445 g/mol. The number of amides is 1. The third-order valence-electron chi connectivity index (χ3n) is 5.13. The molecule has 0 aliphatic rings. The first kappa shape index (κ1) is 23.9. The van der Waals surface area contributed by atoms with Crippen molar-refractivity contribution in [3.8, 4) is 11.5 Å². The summed E-state index contributed by atoms with van der Waals surface area (Å²) in [4.78, 5) is 12.1. The number of anilines is 1. The zero-order chi connectivity index (χ0) is 23.5. The van der Waals surface area contributed by atoms with E-state index in [4.69, 9.17) is 9.47 Å². The van der Waals surface area contributed by atoms with Gasteiger partial charge in [-0.3, -0.25) is 4.79 Å². The van der Waals surface area contributed by atoms with Gasteiger partial charge < -0.3 is 14.8 Å². The summed E-state index contributed by atoms with van der Waals surface area (Å²) in [5.41, 5.74) is 7.53. The van der Waals surface area contributed by atoms with Gasteiger partial charge in [-0.2, -0.15) is 5.10 Å². The number of hydrazone groups is 1. The van der Waals surface area contributed by atoms with Crippen molar-refractivity contribution in [2.24, 2.45) is 5.10 Å². The Bertz CT molecular complexity index is 1060. The fraction of sp³-hybridized carbons (Fsp3) is 0.259. The molecule has 0 saturated carbocycles. The molecule has 0 saturated heterocycles. The van der Waals surface area contributed by atoms with E-state index >= 15 is 0 Å². The Labute approximate surface area is 195 Å². The van der Waals surface area contributed by atoms with E-state index in [1.807, 2.05) is 67.6 Å². The van der Waals surface area contributed by atoms with Gasteiger partial charge >= 0.3 is 0 Å². The van der Waals surface area contributed by atoms with Crippen LogP contribution < -0.4 is 20.2 Å². The largest absolute Gasteiger partial charge is 0.493 e. The van der Waals surface area contributed by atoms with Gasteiger partial charge in [0.1, 0.15) is 6.61 Å². The van der Waals surface area contributed by atoms with E-state index in [1.54, 1.807) is 7.11 Å². The van der Waals surface area contributed by atoms with Crippen LogP contribution in [0.2, 0.25) is 0 Å². The Morgan fingerprint density at radius 1 is 0.970 bits per heavy atom. The number of ether oxygens (including phenoxy) is 2. The molecule has 6 heteroatoms. The molecule has 0 spiro atoms. The zero-order valence-corrected chi connectivity index (χ0v) is 19.4. The maximum absolute atomic E-state index is 12.1. The summed E-state index contributed by atoms with van der Waals surface area (Å²) in [6, 6.07) is 23.8. The van der Waals surface area contributed by atoms with Gasteiger partial charge in [0.05, 0.1) is 12.8 Å². The molecule has 172 valence electrons. The van der Waals surface area contributed by atoms with E-state index in [0.29, 0.717) is 30.2 Å². The number of carbonyl (C=O) groups excluding carboxylic acids is 1. The SMILES string of the molecule is COc1cc(/C(C)=N/NC(=O)CCCNc2ccc(C)cc2)ccc1OCc1ccccc1. The third-order valence-corrected chi connectivity index (χ3v) is 5.13. The second kappa shape index (κ2) is 12.3. The predicted molar refractivity (Wildman–Crippen MR) is 133 cm³/mol. The summed E-state index contributed by atoms with van der Waals surface area (Å²) in [6.45, 7) is 5.08. The molecule has 0 aliphatic heterocycles. The van der Waals surface area contributed by atoms with Crippen LogP contribution in [-0.2, 0) is 11.4 Å². The van der Waals surface area contributed by atoms with Gasteiger partial charge in [0, 0.05) is 24.2 Å². The Morgan fingerprint density at radius 3 is 2.45 bits per heavy atom. The summed E-state index contributed by atoms with van der Waals surface area (Å²) in [7, 11) is 1.60. The van der Waals surface area contributed by atoms with Crippen LogP contribution in [0.3, 0.4) is 0 Å². The molecule has 33 heavy (non-hydrogen) atoms. The highest BCUT2D eigenvalue weighted by molar-refractivity contribution is 5.99. The van der Waals surface area contributed by atoms with Crippen LogP contribution in [0, 0.1) is 6.92 Å². The maximum atomic E-state index is 12.1. The van der Waals surface area contributed by atoms with Gasteiger partial charge in [-0.05, 0) is 56.2 Å². The minimum Gasteiger partial charge on any atom is -0.493 e. The molecule has 6 nitrogen and oxygen atoms in total. The molecule has 0 bridgehead atoms. The normalized spacial score (nSPS) is 11.1. The van der Waals surface area contributed by atoms with Crippen molar-refractivity contribution in [3.63, 3.8) is 0 Å². The molecule has 0 atom stereocenters. The molecule has 1 amide bonds. The maximum Gasteiger partial charge on any atom is 0.240 e. The number of nitrogens with one attached hydrogen (secondary N) is 2. The summed E-state index contributed by atoms with van der Waals surface area (Å²) < 4.78 is 11.4. The van der Waals surface area contributed by atoms with Crippen molar-refractivity contribution in [1.82, 2.24) is 5.43 Å². The fourth-order valence-electron chi connectivity index (χ4n) is 3.17. The first-order valence-electron chi connectivity index (χ1n) is 11.0. The molecule has 0 radical (unpaired) electrons. The second-order valence-electron chi connectivity index (χ2n) is 7.77. The molecule has 0 heterocycles. The van der Waals surface area contributed by atoms with Gasteiger partial charge in [-0.25, -0.2) is 5.43 Å². The second-order valence-corrected chi connectivity index (χ2v) is 7.77. The lowest BCUT2D eigenvalue weighted by Gasteiger charge is -2.12. The van der Waals surface area contributed by atoms with Gasteiger partial charge in [0.25, 0.3) is 0 Å². The Balaban J connectivity index is 1.47. The number of methoxy groups -OCH3 is 1. The number of aryl methyl sites for hydroxylation is 1. The number of hydrogen-bond donors (Lipinski definition) is 2. The lowest BCUT2D eigenvalue weighted by Crippen LogP contribution is -2.20. The van der Waals surface area contributed by atoms with Crippen molar-refractivity contribution in [3.05, 3.63) is 89.5 Å².